The maximum absolute atomic E-state index is 12.5. The Labute approximate surface area is 161 Å². The Morgan fingerprint density at radius 3 is 2.81 bits per heavy atom. The number of thioether (sulfide) groups is 1. The molecule has 0 aliphatic rings. The lowest BCUT2D eigenvalue weighted by atomic mass is 10.1. The number of imidazole rings is 1. The van der Waals surface area contributed by atoms with Gasteiger partial charge in [0.15, 0.2) is 5.16 Å². The van der Waals surface area contributed by atoms with Crippen molar-refractivity contribution in [1.29, 1.82) is 0 Å². The molecule has 0 atom stereocenters. The van der Waals surface area contributed by atoms with Crippen molar-refractivity contribution in [2.24, 2.45) is 0 Å². The Balaban J connectivity index is 1.47. The summed E-state index contributed by atoms with van der Waals surface area (Å²) in [6, 6.07) is 14.2. The van der Waals surface area contributed by atoms with E-state index in [-0.39, 0.29) is 5.91 Å². The van der Waals surface area contributed by atoms with E-state index in [2.05, 4.69) is 47.3 Å². The molecule has 0 aliphatic heterocycles. The second-order valence-corrected chi connectivity index (χ2v) is 7.45. The molecule has 0 spiro atoms. The average molecular weight is 376 g/mol. The SMILES string of the molecule is Cc1cc(C)cc(-n2ccnc2SCC(=O)Nc2cccc3[nH]ccc23)c1. The summed E-state index contributed by atoms with van der Waals surface area (Å²) in [5, 5.41) is 4.80. The third-order valence-corrected chi connectivity index (χ3v) is 5.26. The predicted octanol–water partition coefficient (Wildman–Crippen LogP) is 4.70. The molecule has 136 valence electrons. The fourth-order valence-electron chi connectivity index (χ4n) is 3.19. The highest BCUT2D eigenvalue weighted by molar-refractivity contribution is 7.99. The number of nitrogens with one attached hydrogen (secondary N) is 2. The fourth-order valence-corrected chi connectivity index (χ4v) is 3.97. The zero-order valence-electron chi connectivity index (χ0n) is 15.2. The van der Waals surface area contributed by atoms with Crippen LogP contribution in [0.25, 0.3) is 16.6 Å². The number of hydrogen-bond donors (Lipinski definition) is 2. The molecule has 0 aliphatic carbocycles. The van der Waals surface area contributed by atoms with Crippen LogP contribution in [0.1, 0.15) is 11.1 Å². The van der Waals surface area contributed by atoms with Gasteiger partial charge in [-0.3, -0.25) is 9.36 Å². The zero-order valence-corrected chi connectivity index (χ0v) is 16.0. The highest BCUT2D eigenvalue weighted by atomic mass is 32.2. The Morgan fingerprint density at radius 2 is 2.00 bits per heavy atom. The van der Waals surface area contributed by atoms with Gasteiger partial charge < -0.3 is 10.3 Å². The summed E-state index contributed by atoms with van der Waals surface area (Å²) in [5.74, 6) is 0.242. The van der Waals surface area contributed by atoms with E-state index in [4.69, 9.17) is 0 Å². The van der Waals surface area contributed by atoms with Crippen LogP contribution in [0.2, 0.25) is 0 Å². The van der Waals surface area contributed by atoms with Crippen molar-refractivity contribution in [1.82, 2.24) is 14.5 Å². The van der Waals surface area contributed by atoms with E-state index in [1.807, 2.05) is 41.2 Å². The summed E-state index contributed by atoms with van der Waals surface area (Å²) < 4.78 is 2.02. The number of fused-ring (bicyclic) bond motifs is 1. The number of rotatable bonds is 5. The summed E-state index contributed by atoms with van der Waals surface area (Å²) in [5.41, 5.74) is 5.28. The van der Waals surface area contributed by atoms with Crippen LogP contribution in [-0.4, -0.2) is 26.2 Å². The van der Waals surface area contributed by atoms with Crippen molar-refractivity contribution >= 4 is 34.3 Å². The van der Waals surface area contributed by atoms with Gasteiger partial charge >= 0.3 is 0 Å². The van der Waals surface area contributed by atoms with Gasteiger partial charge in [-0.15, -0.1) is 0 Å². The molecule has 1 amide bonds. The van der Waals surface area contributed by atoms with Gasteiger partial charge in [0.25, 0.3) is 0 Å². The Kier molecular flexibility index (Phi) is 4.73. The average Bonchev–Trinajstić information content (AvgIpc) is 3.29. The van der Waals surface area contributed by atoms with Crippen LogP contribution in [0, 0.1) is 13.8 Å². The smallest absolute Gasteiger partial charge is 0.234 e. The minimum atomic E-state index is -0.0522. The third-order valence-electron chi connectivity index (χ3n) is 4.29. The summed E-state index contributed by atoms with van der Waals surface area (Å²) in [6.45, 7) is 4.16. The van der Waals surface area contributed by atoms with E-state index in [9.17, 15) is 4.79 Å². The number of aryl methyl sites for hydroxylation is 2. The maximum Gasteiger partial charge on any atom is 0.234 e. The van der Waals surface area contributed by atoms with Crippen LogP contribution in [0.3, 0.4) is 0 Å². The van der Waals surface area contributed by atoms with Gasteiger partial charge in [-0.25, -0.2) is 4.98 Å². The first-order valence-electron chi connectivity index (χ1n) is 8.71. The first kappa shape index (κ1) is 17.4. The van der Waals surface area contributed by atoms with E-state index < -0.39 is 0 Å². The number of carbonyl (C=O) groups is 1. The van der Waals surface area contributed by atoms with E-state index in [1.54, 1.807) is 6.20 Å². The molecule has 0 saturated carbocycles. The quantitative estimate of drug-likeness (QED) is 0.496. The van der Waals surface area contributed by atoms with Crippen LogP contribution in [-0.2, 0) is 4.79 Å². The lowest BCUT2D eigenvalue weighted by Gasteiger charge is -2.10. The van der Waals surface area contributed by atoms with Gasteiger partial charge in [-0.05, 0) is 55.3 Å². The standard InChI is InChI=1S/C21H20N4OS/c1-14-10-15(2)12-16(11-14)25-9-8-23-21(25)27-13-20(26)24-19-5-3-4-18-17(19)6-7-22-18/h3-12,22H,13H2,1-2H3,(H,24,26). The first-order valence-corrected chi connectivity index (χ1v) is 9.69. The number of amides is 1. The first-order chi connectivity index (χ1) is 13.1. The molecule has 2 N–H and O–H groups in total. The van der Waals surface area contributed by atoms with Gasteiger partial charge in [0.1, 0.15) is 0 Å². The highest BCUT2D eigenvalue weighted by Crippen LogP contribution is 2.24. The van der Waals surface area contributed by atoms with Crippen LogP contribution in [0.4, 0.5) is 5.69 Å². The minimum Gasteiger partial charge on any atom is -0.361 e. The van der Waals surface area contributed by atoms with Gasteiger partial charge in [0, 0.05) is 35.2 Å². The molecule has 0 bridgehead atoms. The zero-order chi connectivity index (χ0) is 18.8. The molecular weight excluding hydrogens is 356 g/mol. The third kappa shape index (κ3) is 3.75. The van der Waals surface area contributed by atoms with Crippen molar-refractivity contribution in [2.75, 3.05) is 11.1 Å². The summed E-state index contributed by atoms with van der Waals surface area (Å²) >= 11 is 1.43. The second kappa shape index (κ2) is 7.32. The van der Waals surface area contributed by atoms with E-state index in [0.717, 1.165) is 27.4 Å². The molecule has 27 heavy (non-hydrogen) atoms. The van der Waals surface area contributed by atoms with Gasteiger partial charge in [0.05, 0.1) is 11.4 Å². The van der Waals surface area contributed by atoms with Crippen molar-refractivity contribution in [3.05, 3.63) is 72.2 Å². The van der Waals surface area contributed by atoms with Crippen molar-refractivity contribution in [2.45, 2.75) is 19.0 Å². The molecule has 4 aromatic rings. The van der Waals surface area contributed by atoms with Crippen molar-refractivity contribution in [3.8, 4) is 5.69 Å². The number of aromatic nitrogens is 3. The van der Waals surface area contributed by atoms with Crippen LogP contribution in [0.15, 0.2) is 66.2 Å². The van der Waals surface area contributed by atoms with Crippen LogP contribution < -0.4 is 5.32 Å². The fraction of sp³-hybridized carbons (Fsp3) is 0.143. The number of anilines is 1. The molecule has 4 rings (SSSR count). The van der Waals surface area contributed by atoms with Gasteiger partial charge in [-0.1, -0.05) is 23.9 Å². The summed E-state index contributed by atoms with van der Waals surface area (Å²) in [6.07, 6.45) is 5.56. The Bertz CT molecular complexity index is 1090. The van der Waals surface area contributed by atoms with Crippen molar-refractivity contribution in [3.63, 3.8) is 0 Å². The predicted molar refractivity (Wildman–Crippen MR) is 111 cm³/mol. The number of H-pyrrole nitrogens is 1. The maximum atomic E-state index is 12.5. The van der Waals surface area contributed by atoms with E-state index in [0.29, 0.717) is 5.75 Å². The second-order valence-electron chi connectivity index (χ2n) is 6.51. The Hall–Kier alpha value is -2.99. The summed E-state index contributed by atoms with van der Waals surface area (Å²) in [4.78, 5) is 20.0. The number of carbonyl (C=O) groups excluding carboxylic acids is 1. The molecule has 5 nitrogen and oxygen atoms in total. The molecule has 2 aromatic carbocycles. The lowest BCUT2D eigenvalue weighted by molar-refractivity contribution is -0.113. The normalized spacial score (nSPS) is 11.0. The van der Waals surface area contributed by atoms with E-state index >= 15 is 0 Å². The molecule has 0 saturated heterocycles. The number of benzene rings is 2. The number of hydrogen-bond acceptors (Lipinski definition) is 3. The summed E-state index contributed by atoms with van der Waals surface area (Å²) in [7, 11) is 0. The lowest BCUT2D eigenvalue weighted by Crippen LogP contribution is -2.14. The molecule has 0 fully saturated rings. The molecular formula is C21H20N4OS. The largest absolute Gasteiger partial charge is 0.361 e. The minimum absolute atomic E-state index is 0.0522. The monoisotopic (exact) mass is 376 g/mol. The highest BCUT2D eigenvalue weighted by Gasteiger charge is 2.11. The van der Waals surface area contributed by atoms with Crippen LogP contribution in [0.5, 0.6) is 0 Å². The van der Waals surface area contributed by atoms with Crippen LogP contribution >= 0.6 is 11.8 Å². The molecule has 0 radical (unpaired) electrons. The molecule has 0 unspecified atom stereocenters. The number of aromatic amines is 1. The topological polar surface area (TPSA) is 62.7 Å². The van der Waals surface area contributed by atoms with Gasteiger partial charge in [0.2, 0.25) is 5.91 Å². The molecule has 6 heteroatoms. The number of nitrogens with zero attached hydrogens (tertiary/aromatic N) is 2. The van der Waals surface area contributed by atoms with Gasteiger partial charge in [-0.2, -0.15) is 0 Å². The Morgan fingerprint density at radius 1 is 1.19 bits per heavy atom. The molecule has 2 heterocycles. The van der Waals surface area contributed by atoms with Crippen molar-refractivity contribution < 1.29 is 4.79 Å². The molecule has 2 aromatic heterocycles. The van der Waals surface area contributed by atoms with E-state index in [1.165, 1.54) is 22.9 Å².